The number of carbonyl (C=O) groups is 1. The van der Waals surface area contributed by atoms with Crippen LogP contribution in [0.25, 0.3) is 0 Å². The number of aliphatic hydroxyl groups is 1. The van der Waals surface area contributed by atoms with Crippen LogP contribution in [0.5, 0.6) is 0 Å². The molecule has 0 aromatic heterocycles. The van der Waals surface area contributed by atoms with Crippen molar-refractivity contribution in [3.05, 3.63) is 29.8 Å². The van der Waals surface area contributed by atoms with Gasteiger partial charge in [-0.25, -0.2) is 0 Å². The summed E-state index contributed by atoms with van der Waals surface area (Å²) in [5.41, 5.74) is 6.72. The van der Waals surface area contributed by atoms with Crippen LogP contribution in [-0.2, 0) is 10.2 Å². The molecule has 20 heavy (non-hydrogen) atoms. The molecule has 4 heteroatoms. The van der Waals surface area contributed by atoms with E-state index in [-0.39, 0.29) is 18.1 Å². The van der Waals surface area contributed by atoms with Crippen LogP contribution in [0.3, 0.4) is 0 Å². The molecule has 0 radical (unpaired) electrons. The van der Waals surface area contributed by atoms with Gasteiger partial charge in [0.25, 0.3) is 0 Å². The Morgan fingerprint density at radius 2 is 1.95 bits per heavy atom. The van der Waals surface area contributed by atoms with E-state index in [2.05, 4.69) is 5.32 Å². The molecule has 0 spiro atoms. The maximum Gasteiger partial charge on any atom is 0.230 e. The summed E-state index contributed by atoms with van der Waals surface area (Å²) in [7, 11) is 0. The normalized spacial score (nSPS) is 23.4. The average molecular weight is 276 g/mol. The van der Waals surface area contributed by atoms with Gasteiger partial charge in [-0.2, -0.15) is 0 Å². The number of nitrogens with two attached hydrogens (primary N) is 1. The number of anilines is 1. The monoisotopic (exact) mass is 276 g/mol. The molecule has 4 nitrogen and oxygen atoms in total. The number of rotatable bonds is 3. The molecule has 1 amide bonds. The third-order valence-corrected chi connectivity index (χ3v) is 4.18. The summed E-state index contributed by atoms with van der Waals surface area (Å²) < 4.78 is 0. The van der Waals surface area contributed by atoms with Crippen LogP contribution in [-0.4, -0.2) is 23.2 Å². The molecule has 4 N–H and O–H groups in total. The summed E-state index contributed by atoms with van der Waals surface area (Å²) in [6.45, 7) is 3.82. The van der Waals surface area contributed by atoms with Crippen molar-refractivity contribution >= 4 is 11.6 Å². The Morgan fingerprint density at radius 3 is 2.55 bits per heavy atom. The smallest absolute Gasteiger partial charge is 0.230 e. The fourth-order valence-corrected chi connectivity index (χ4v) is 2.69. The molecule has 2 unspecified atom stereocenters. The standard InChI is InChI=1S/C16H24N2O2/c1-16(2,11-6-8-12(17)9-7-11)15(20)18-13-4-3-5-14(19)10-13/h6-9,13-14,19H,3-5,10,17H2,1-2H3,(H,18,20). The van der Waals surface area contributed by atoms with Gasteiger partial charge in [-0.05, 0) is 57.2 Å². The number of carbonyl (C=O) groups excluding carboxylic acids is 1. The Morgan fingerprint density at radius 1 is 1.30 bits per heavy atom. The minimum atomic E-state index is -0.601. The molecule has 110 valence electrons. The fourth-order valence-electron chi connectivity index (χ4n) is 2.69. The number of benzene rings is 1. The first-order chi connectivity index (χ1) is 9.39. The average Bonchev–Trinajstić information content (AvgIpc) is 2.39. The molecular weight excluding hydrogens is 252 g/mol. The van der Waals surface area contributed by atoms with E-state index in [0.717, 1.165) is 24.8 Å². The third kappa shape index (κ3) is 3.31. The number of hydrogen-bond donors (Lipinski definition) is 3. The van der Waals surface area contributed by atoms with Crippen molar-refractivity contribution in [2.45, 2.75) is 57.1 Å². The first-order valence-corrected chi connectivity index (χ1v) is 7.24. The second kappa shape index (κ2) is 5.83. The summed E-state index contributed by atoms with van der Waals surface area (Å²) in [6.07, 6.45) is 3.13. The highest BCUT2D eigenvalue weighted by Crippen LogP contribution is 2.26. The Balaban J connectivity index is 2.04. The Kier molecular flexibility index (Phi) is 4.33. The lowest BCUT2D eigenvalue weighted by Crippen LogP contribution is -2.47. The summed E-state index contributed by atoms with van der Waals surface area (Å²) in [4.78, 5) is 12.5. The van der Waals surface area contributed by atoms with Gasteiger partial charge in [0, 0.05) is 11.7 Å². The van der Waals surface area contributed by atoms with Crippen molar-refractivity contribution in [3.8, 4) is 0 Å². The minimum absolute atomic E-state index is 0.00127. The zero-order valence-corrected chi connectivity index (χ0v) is 12.2. The summed E-state index contributed by atoms with van der Waals surface area (Å²) in [5, 5.41) is 12.8. The lowest BCUT2D eigenvalue weighted by atomic mass is 9.82. The molecule has 1 saturated carbocycles. The van der Waals surface area contributed by atoms with E-state index in [1.165, 1.54) is 0 Å². The van der Waals surface area contributed by atoms with E-state index in [0.29, 0.717) is 12.1 Å². The highest BCUT2D eigenvalue weighted by Gasteiger charge is 2.32. The number of hydrogen-bond acceptors (Lipinski definition) is 3. The number of amides is 1. The molecule has 1 fully saturated rings. The largest absolute Gasteiger partial charge is 0.399 e. The zero-order valence-electron chi connectivity index (χ0n) is 12.2. The van der Waals surface area contributed by atoms with Crippen molar-refractivity contribution in [2.24, 2.45) is 0 Å². The lowest BCUT2D eigenvalue weighted by molar-refractivity contribution is -0.126. The molecule has 1 aromatic rings. The Labute approximate surface area is 120 Å². The molecule has 1 aliphatic rings. The van der Waals surface area contributed by atoms with E-state index in [4.69, 9.17) is 5.73 Å². The predicted molar refractivity (Wildman–Crippen MR) is 80.3 cm³/mol. The van der Waals surface area contributed by atoms with Gasteiger partial charge in [0.2, 0.25) is 5.91 Å². The molecule has 2 rings (SSSR count). The molecule has 0 heterocycles. The van der Waals surface area contributed by atoms with Crippen LogP contribution in [0.2, 0.25) is 0 Å². The fraction of sp³-hybridized carbons (Fsp3) is 0.562. The van der Waals surface area contributed by atoms with Gasteiger partial charge in [-0.15, -0.1) is 0 Å². The first-order valence-electron chi connectivity index (χ1n) is 7.24. The molecule has 1 aromatic carbocycles. The van der Waals surface area contributed by atoms with Crippen LogP contribution in [0.1, 0.15) is 45.1 Å². The summed E-state index contributed by atoms with van der Waals surface area (Å²) in [5.74, 6) is 0.00127. The number of nitrogens with one attached hydrogen (secondary N) is 1. The van der Waals surface area contributed by atoms with Crippen LogP contribution in [0.15, 0.2) is 24.3 Å². The van der Waals surface area contributed by atoms with Gasteiger partial charge in [0.15, 0.2) is 0 Å². The van der Waals surface area contributed by atoms with Crippen molar-refractivity contribution in [3.63, 3.8) is 0 Å². The molecule has 1 aliphatic carbocycles. The van der Waals surface area contributed by atoms with E-state index in [1.807, 2.05) is 38.1 Å². The van der Waals surface area contributed by atoms with Crippen LogP contribution in [0.4, 0.5) is 5.69 Å². The highest BCUT2D eigenvalue weighted by molar-refractivity contribution is 5.87. The van der Waals surface area contributed by atoms with Gasteiger partial charge in [-0.1, -0.05) is 12.1 Å². The molecule has 0 aliphatic heterocycles. The Bertz CT molecular complexity index is 468. The van der Waals surface area contributed by atoms with E-state index >= 15 is 0 Å². The number of nitrogen functional groups attached to an aromatic ring is 1. The van der Waals surface area contributed by atoms with Crippen molar-refractivity contribution < 1.29 is 9.90 Å². The molecule has 0 bridgehead atoms. The van der Waals surface area contributed by atoms with Crippen molar-refractivity contribution in [2.75, 3.05) is 5.73 Å². The van der Waals surface area contributed by atoms with Crippen molar-refractivity contribution in [1.82, 2.24) is 5.32 Å². The van der Waals surface area contributed by atoms with E-state index in [9.17, 15) is 9.90 Å². The second-order valence-corrected chi connectivity index (χ2v) is 6.24. The zero-order chi connectivity index (χ0) is 14.8. The lowest BCUT2D eigenvalue weighted by Gasteiger charge is -2.31. The van der Waals surface area contributed by atoms with Gasteiger partial charge >= 0.3 is 0 Å². The van der Waals surface area contributed by atoms with Gasteiger partial charge in [0.1, 0.15) is 0 Å². The summed E-state index contributed by atoms with van der Waals surface area (Å²) in [6, 6.07) is 7.50. The van der Waals surface area contributed by atoms with Gasteiger partial charge in [0.05, 0.1) is 11.5 Å². The molecule has 2 atom stereocenters. The quantitative estimate of drug-likeness (QED) is 0.739. The highest BCUT2D eigenvalue weighted by atomic mass is 16.3. The minimum Gasteiger partial charge on any atom is -0.399 e. The van der Waals surface area contributed by atoms with Crippen LogP contribution in [0, 0.1) is 0 Å². The first kappa shape index (κ1) is 14.9. The molecule has 0 saturated heterocycles. The van der Waals surface area contributed by atoms with Crippen LogP contribution < -0.4 is 11.1 Å². The summed E-state index contributed by atoms with van der Waals surface area (Å²) >= 11 is 0. The Hall–Kier alpha value is -1.55. The second-order valence-electron chi connectivity index (χ2n) is 6.24. The topological polar surface area (TPSA) is 75.3 Å². The third-order valence-electron chi connectivity index (χ3n) is 4.18. The maximum absolute atomic E-state index is 12.5. The van der Waals surface area contributed by atoms with Crippen molar-refractivity contribution in [1.29, 1.82) is 0 Å². The van der Waals surface area contributed by atoms with Gasteiger partial charge < -0.3 is 16.2 Å². The van der Waals surface area contributed by atoms with E-state index < -0.39 is 5.41 Å². The van der Waals surface area contributed by atoms with Gasteiger partial charge in [-0.3, -0.25) is 4.79 Å². The predicted octanol–water partition coefficient (Wildman–Crippen LogP) is 1.97. The van der Waals surface area contributed by atoms with E-state index in [1.54, 1.807) is 0 Å². The SMILES string of the molecule is CC(C)(C(=O)NC1CCCC(O)C1)c1ccc(N)cc1. The maximum atomic E-state index is 12.5. The van der Waals surface area contributed by atoms with Crippen LogP contribution >= 0.6 is 0 Å². The molecular formula is C16H24N2O2. The number of aliphatic hydroxyl groups excluding tert-OH is 1.